The zero-order valence-electron chi connectivity index (χ0n) is 22.3. The lowest BCUT2D eigenvalue weighted by Crippen LogP contribution is -2.57. The monoisotopic (exact) mass is 530 g/mol. The Morgan fingerprint density at radius 1 is 1.13 bits per heavy atom. The van der Waals surface area contributed by atoms with Gasteiger partial charge in [-0.15, -0.1) is 0 Å². The van der Waals surface area contributed by atoms with E-state index >= 15 is 0 Å². The van der Waals surface area contributed by atoms with Crippen molar-refractivity contribution < 1.29 is 19.1 Å². The number of piperazine rings is 1. The van der Waals surface area contributed by atoms with Crippen LogP contribution in [0.5, 0.6) is 11.5 Å². The lowest BCUT2D eigenvalue weighted by Gasteiger charge is -2.32. The number of rotatable bonds is 7. The van der Waals surface area contributed by atoms with Gasteiger partial charge in [-0.1, -0.05) is 0 Å². The van der Waals surface area contributed by atoms with E-state index in [4.69, 9.17) is 9.47 Å². The first-order valence-electron chi connectivity index (χ1n) is 13.4. The molecule has 0 bridgehead atoms. The SMILES string of the molecule is COc1ccc2c(c1)c(C=C1Oc3ccc(NC(=O)NC4CNC4)cc3C1=O)cn2CCN1CCN(C)CC1. The van der Waals surface area contributed by atoms with Gasteiger partial charge in [-0.2, -0.15) is 0 Å². The number of aromatic nitrogens is 1. The highest BCUT2D eigenvalue weighted by atomic mass is 16.5. The fourth-order valence-corrected chi connectivity index (χ4v) is 5.20. The number of likely N-dealkylation sites (N-methyl/N-ethyl adjacent to an activating group) is 1. The normalized spacial score (nSPS) is 19.1. The zero-order chi connectivity index (χ0) is 26.9. The van der Waals surface area contributed by atoms with Crippen molar-refractivity contribution in [1.82, 2.24) is 25.0 Å². The average Bonchev–Trinajstić information content (AvgIpc) is 3.42. The molecule has 6 rings (SSSR count). The van der Waals surface area contributed by atoms with Crippen LogP contribution in [0.2, 0.25) is 0 Å². The minimum absolute atomic E-state index is 0.126. The molecule has 3 N–H and O–H groups in total. The number of carbonyl (C=O) groups is 2. The van der Waals surface area contributed by atoms with E-state index in [0.29, 0.717) is 17.0 Å². The first kappa shape index (κ1) is 25.4. The van der Waals surface area contributed by atoms with Gasteiger partial charge in [-0.3, -0.25) is 9.69 Å². The van der Waals surface area contributed by atoms with E-state index in [1.54, 1.807) is 31.4 Å². The maximum Gasteiger partial charge on any atom is 0.319 e. The number of benzene rings is 2. The van der Waals surface area contributed by atoms with Crippen LogP contribution < -0.4 is 25.4 Å². The summed E-state index contributed by atoms with van der Waals surface area (Å²) in [6.45, 7) is 7.63. The number of ether oxygens (including phenoxy) is 2. The molecule has 0 spiro atoms. The molecule has 0 radical (unpaired) electrons. The predicted molar refractivity (Wildman–Crippen MR) is 151 cm³/mol. The maximum absolute atomic E-state index is 13.3. The fraction of sp³-hybridized carbons (Fsp3) is 0.379. The van der Waals surface area contributed by atoms with Crippen molar-refractivity contribution in [2.24, 2.45) is 0 Å². The van der Waals surface area contributed by atoms with Crippen LogP contribution in [0.15, 0.2) is 48.4 Å². The average molecular weight is 531 g/mol. The molecule has 2 fully saturated rings. The molecule has 2 amide bonds. The van der Waals surface area contributed by atoms with Crippen LogP contribution in [0.1, 0.15) is 15.9 Å². The van der Waals surface area contributed by atoms with Crippen LogP contribution in [-0.4, -0.2) is 92.2 Å². The third kappa shape index (κ3) is 5.36. The highest BCUT2D eigenvalue weighted by Gasteiger charge is 2.29. The lowest BCUT2D eigenvalue weighted by molar-refractivity contribution is 0.101. The molecule has 1 aromatic heterocycles. The van der Waals surface area contributed by atoms with Gasteiger partial charge in [0, 0.05) is 80.7 Å². The molecule has 3 aromatic rings. The van der Waals surface area contributed by atoms with Crippen LogP contribution in [0, 0.1) is 0 Å². The minimum atomic E-state index is -0.290. The van der Waals surface area contributed by atoms with E-state index in [1.165, 1.54) is 0 Å². The number of anilines is 1. The second-order valence-corrected chi connectivity index (χ2v) is 10.4. The van der Waals surface area contributed by atoms with Crippen LogP contribution >= 0.6 is 0 Å². The Kier molecular flexibility index (Phi) is 6.99. The van der Waals surface area contributed by atoms with Crippen molar-refractivity contribution >= 4 is 34.5 Å². The first-order valence-corrected chi connectivity index (χ1v) is 13.4. The van der Waals surface area contributed by atoms with Crippen molar-refractivity contribution in [2.75, 3.05) is 65.3 Å². The molecule has 0 unspecified atom stereocenters. The number of methoxy groups -OCH3 is 1. The van der Waals surface area contributed by atoms with Crippen molar-refractivity contribution in [3.05, 3.63) is 59.5 Å². The molecular weight excluding hydrogens is 496 g/mol. The van der Waals surface area contributed by atoms with E-state index in [1.807, 2.05) is 12.1 Å². The molecule has 10 heteroatoms. The standard InChI is InChI=1S/C29H34N6O4/c1-33-7-9-34(10-8-33)11-12-35-18-19(23-15-22(38-2)4-5-25(23)35)13-27-28(36)24-14-20(3-6-26(24)39-27)31-29(37)32-21-16-30-17-21/h3-6,13-15,18,21,30H,7-12,16-17H2,1-2H3,(H2,31,32,37). The van der Waals surface area contributed by atoms with Gasteiger partial charge in [-0.05, 0) is 49.5 Å². The molecule has 39 heavy (non-hydrogen) atoms. The Bertz CT molecular complexity index is 1440. The van der Waals surface area contributed by atoms with Gasteiger partial charge in [0.15, 0.2) is 5.76 Å². The van der Waals surface area contributed by atoms with E-state index < -0.39 is 0 Å². The number of amides is 2. The van der Waals surface area contributed by atoms with Gasteiger partial charge in [0.25, 0.3) is 0 Å². The second kappa shape index (κ2) is 10.7. The summed E-state index contributed by atoms with van der Waals surface area (Å²) in [6.07, 6.45) is 3.89. The predicted octanol–water partition coefficient (Wildman–Crippen LogP) is 2.61. The molecule has 204 valence electrons. The van der Waals surface area contributed by atoms with Gasteiger partial charge >= 0.3 is 6.03 Å². The highest BCUT2D eigenvalue weighted by Crippen LogP contribution is 2.35. The first-order chi connectivity index (χ1) is 19.0. The summed E-state index contributed by atoms with van der Waals surface area (Å²) >= 11 is 0. The molecule has 4 heterocycles. The third-order valence-corrected chi connectivity index (χ3v) is 7.70. The lowest BCUT2D eigenvalue weighted by atomic mass is 10.1. The minimum Gasteiger partial charge on any atom is -0.497 e. The quantitative estimate of drug-likeness (QED) is 0.404. The van der Waals surface area contributed by atoms with Gasteiger partial charge in [0.1, 0.15) is 11.5 Å². The Morgan fingerprint density at radius 2 is 1.95 bits per heavy atom. The van der Waals surface area contributed by atoms with Crippen molar-refractivity contribution in [1.29, 1.82) is 0 Å². The highest BCUT2D eigenvalue weighted by molar-refractivity contribution is 6.15. The molecule has 0 atom stereocenters. The van der Waals surface area contributed by atoms with Gasteiger partial charge < -0.3 is 34.9 Å². The summed E-state index contributed by atoms with van der Waals surface area (Å²) in [4.78, 5) is 30.4. The number of urea groups is 1. The number of Topliss-reactive ketones (excluding diaryl/α,β-unsaturated/α-hetero) is 1. The van der Waals surface area contributed by atoms with Crippen LogP contribution in [0.25, 0.3) is 17.0 Å². The second-order valence-electron chi connectivity index (χ2n) is 10.4. The number of allylic oxidation sites excluding steroid dienone is 1. The van der Waals surface area contributed by atoms with Gasteiger partial charge in [-0.25, -0.2) is 4.79 Å². The van der Waals surface area contributed by atoms with E-state index in [9.17, 15) is 9.59 Å². The molecule has 2 saturated heterocycles. The molecular formula is C29H34N6O4. The van der Waals surface area contributed by atoms with Crippen molar-refractivity contribution in [3.8, 4) is 11.5 Å². The summed E-state index contributed by atoms with van der Waals surface area (Å²) in [6, 6.07) is 11.0. The molecule has 10 nitrogen and oxygen atoms in total. The summed E-state index contributed by atoms with van der Waals surface area (Å²) in [5.41, 5.74) is 2.95. The summed E-state index contributed by atoms with van der Waals surface area (Å²) in [7, 11) is 3.82. The Balaban J connectivity index is 1.22. The van der Waals surface area contributed by atoms with Gasteiger partial charge in [0.05, 0.1) is 18.7 Å². The largest absolute Gasteiger partial charge is 0.497 e. The molecule has 2 aromatic carbocycles. The Hall–Kier alpha value is -3.86. The van der Waals surface area contributed by atoms with Crippen LogP contribution in [0.3, 0.4) is 0 Å². The Morgan fingerprint density at radius 3 is 2.69 bits per heavy atom. The number of fused-ring (bicyclic) bond motifs is 2. The van der Waals surface area contributed by atoms with Crippen molar-refractivity contribution in [2.45, 2.75) is 12.6 Å². The molecule has 0 saturated carbocycles. The number of nitrogens with zero attached hydrogens (tertiary/aromatic N) is 3. The summed E-state index contributed by atoms with van der Waals surface area (Å²) in [5, 5.41) is 9.81. The summed E-state index contributed by atoms with van der Waals surface area (Å²) < 4.78 is 13.7. The number of carbonyl (C=O) groups excluding carboxylic acids is 2. The Labute approximate surface area is 227 Å². The molecule has 3 aliphatic heterocycles. The van der Waals surface area contributed by atoms with Crippen molar-refractivity contribution in [3.63, 3.8) is 0 Å². The van der Waals surface area contributed by atoms with Crippen LogP contribution in [0.4, 0.5) is 10.5 Å². The van der Waals surface area contributed by atoms with Gasteiger partial charge in [0.2, 0.25) is 5.78 Å². The number of ketones is 1. The smallest absolute Gasteiger partial charge is 0.319 e. The zero-order valence-corrected chi connectivity index (χ0v) is 22.3. The van der Waals surface area contributed by atoms with E-state index in [0.717, 1.165) is 74.6 Å². The third-order valence-electron chi connectivity index (χ3n) is 7.70. The van der Waals surface area contributed by atoms with Crippen LogP contribution in [-0.2, 0) is 6.54 Å². The number of hydrogen-bond donors (Lipinski definition) is 3. The summed E-state index contributed by atoms with van der Waals surface area (Å²) in [5.74, 6) is 1.29. The fourth-order valence-electron chi connectivity index (χ4n) is 5.20. The van der Waals surface area contributed by atoms with E-state index in [2.05, 4.69) is 49.6 Å². The molecule has 3 aliphatic rings. The molecule has 0 aliphatic carbocycles. The van der Waals surface area contributed by atoms with E-state index in [-0.39, 0.29) is 23.6 Å². The number of hydrogen-bond acceptors (Lipinski definition) is 7. The maximum atomic E-state index is 13.3. The topological polar surface area (TPSA) is 100 Å². The number of nitrogens with one attached hydrogen (secondary N) is 3.